The predicted molar refractivity (Wildman–Crippen MR) is 256 cm³/mol. The zero-order valence-electron chi connectivity index (χ0n) is 40.3. The van der Waals surface area contributed by atoms with Crippen LogP contribution in [0.5, 0.6) is 0 Å². The van der Waals surface area contributed by atoms with Gasteiger partial charge in [-0.2, -0.15) is 0 Å². The molecule has 0 spiro atoms. The maximum absolute atomic E-state index is 14.7. The van der Waals surface area contributed by atoms with E-state index >= 15 is 0 Å². The number of halogens is 2. The number of rotatable bonds is 12. The zero-order chi connectivity index (χ0) is 47.2. The van der Waals surface area contributed by atoms with E-state index in [0.717, 1.165) is 83.8 Å². The van der Waals surface area contributed by atoms with Crippen molar-refractivity contribution in [3.63, 3.8) is 0 Å². The van der Waals surface area contributed by atoms with Crippen molar-refractivity contribution in [1.82, 2.24) is 20.6 Å². The van der Waals surface area contributed by atoms with Gasteiger partial charge in [0.05, 0.1) is 0 Å². The van der Waals surface area contributed by atoms with E-state index in [2.05, 4.69) is 71.9 Å². The summed E-state index contributed by atoms with van der Waals surface area (Å²) in [7, 11) is 0. The third kappa shape index (κ3) is 12.1. The number of aromatic amines is 2. The van der Waals surface area contributed by atoms with Crippen LogP contribution in [0.25, 0.3) is 0 Å². The fourth-order valence-corrected chi connectivity index (χ4v) is 10.7. The number of hydrogen-bond acceptors (Lipinski definition) is 6. The summed E-state index contributed by atoms with van der Waals surface area (Å²) >= 11 is 0. The van der Waals surface area contributed by atoms with Crippen LogP contribution in [-0.2, 0) is 13.1 Å². The van der Waals surface area contributed by atoms with Crippen molar-refractivity contribution < 1.29 is 18.4 Å². The number of aryl methyl sites for hydroxylation is 4. The van der Waals surface area contributed by atoms with Crippen molar-refractivity contribution >= 4 is 23.2 Å². The summed E-state index contributed by atoms with van der Waals surface area (Å²) in [5.41, 5.74) is 7.54. The van der Waals surface area contributed by atoms with Gasteiger partial charge in [0.1, 0.15) is 11.6 Å². The second-order valence-corrected chi connectivity index (χ2v) is 19.2. The molecule has 10 nitrogen and oxygen atoms in total. The summed E-state index contributed by atoms with van der Waals surface area (Å²) in [4.78, 5) is 60.6. The van der Waals surface area contributed by atoms with Gasteiger partial charge < -0.3 is 30.4 Å². The van der Waals surface area contributed by atoms with Gasteiger partial charge in [0.25, 0.3) is 22.9 Å². The van der Waals surface area contributed by atoms with Crippen molar-refractivity contribution in [1.29, 1.82) is 0 Å². The lowest BCUT2D eigenvalue weighted by molar-refractivity contribution is 0.0941. The van der Waals surface area contributed by atoms with Gasteiger partial charge in [-0.25, -0.2) is 8.78 Å². The van der Waals surface area contributed by atoms with Crippen LogP contribution >= 0.6 is 0 Å². The standard InChI is InChI=1S/2C26H36FN3O2/c2*1-7-30(21-9-15(2)8-16(3)10-21)24-13-20(27)12-22(19(24)6)25(31)28-14-23-17(4)11-18(5)29-26(23)32/h2*11-13,15-16,21H,7-10,14H2,1-6H3,(H,28,31)(H,29,32)/t2*15-,16-/m00/s1. The molecule has 0 bridgehead atoms. The molecule has 2 heterocycles. The van der Waals surface area contributed by atoms with Crippen molar-refractivity contribution in [2.75, 3.05) is 22.9 Å². The zero-order valence-corrected chi connectivity index (χ0v) is 40.3. The van der Waals surface area contributed by atoms with Gasteiger partial charge in [-0.3, -0.25) is 19.2 Å². The number of nitrogens with zero attached hydrogens (tertiary/aromatic N) is 2. The second kappa shape index (κ2) is 21.6. The van der Waals surface area contributed by atoms with E-state index in [4.69, 9.17) is 0 Å². The maximum atomic E-state index is 14.7. The van der Waals surface area contributed by atoms with Crippen molar-refractivity contribution in [3.8, 4) is 0 Å². The van der Waals surface area contributed by atoms with Gasteiger partial charge in [-0.05, 0) is 176 Å². The highest BCUT2D eigenvalue weighted by atomic mass is 19.1. The first-order chi connectivity index (χ1) is 30.2. The molecule has 2 fully saturated rings. The molecule has 12 heteroatoms. The number of carbonyl (C=O) groups is 2. The Bertz CT molecular complexity index is 2240. The molecule has 4 aromatic rings. The quantitative estimate of drug-likeness (QED) is 0.112. The number of H-pyrrole nitrogens is 2. The van der Waals surface area contributed by atoms with E-state index in [1.807, 2.05) is 53.7 Å². The highest BCUT2D eigenvalue weighted by molar-refractivity contribution is 5.98. The lowest BCUT2D eigenvalue weighted by Crippen LogP contribution is -2.41. The van der Waals surface area contributed by atoms with E-state index in [0.29, 0.717) is 58.0 Å². The molecule has 2 aromatic heterocycles. The molecular formula is C52H72F2N6O4. The molecule has 2 aliphatic rings. The second-order valence-electron chi connectivity index (χ2n) is 19.2. The van der Waals surface area contributed by atoms with Crippen molar-refractivity contribution in [2.45, 2.75) is 147 Å². The van der Waals surface area contributed by atoms with Crippen LogP contribution in [0.4, 0.5) is 20.2 Å². The summed E-state index contributed by atoms with van der Waals surface area (Å²) in [5, 5.41) is 5.64. The number of hydrogen-bond donors (Lipinski definition) is 4. The number of benzene rings is 2. The molecule has 0 aliphatic heterocycles. The summed E-state index contributed by atoms with van der Waals surface area (Å²) in [6, 6.07) is 10.1. The molecular weight excluding hydrogens is 811 g/mol. The molecule has 2 aliphatic carbocycles. The predicted octanol–water partition coefficient (Wildman–Crippen LogP) is 10.0. The highest BCUT2D eigenvalue weighted by Gasteiger charge is 2.31. The van der Waals surface area contributed by atoms with E-state index in [1.54, 1.807) is 12.1 Å². The van der Waals surface area contributed by atoms with Crippen LogP contribution in [0.15, 0.2) is 46.0 Å². The number of nitrogens with one attached hydrogen (secondary N) is 4. The van der Waals surface area contributed by atoms with Gasteiger partial charge in [-0.1, -0.05) is 27.7 Å². The van der Waals surface area contributed by atoms with Crippen LogP contribution in [-0.4, -0.2) is 47.0 Å². The SMILES string of the molecule is CCN(c1cc(F)cc(C(=O)NCc2c(C)cc(C)[nH]c2=O)c1C)C1C[C@@H](C)C[C@H](C)C1.CCN(c1cc(F)cc(C(=O)NCc2c(C)cc(C)[nH]c2=O)c1C)C1C[C@@H](C)C[C@H](C)C1. The van der Waals surface area contributed by atoms with E-state index in [9.17, 15) is 28.0 Å². The monoisotopic (exact) mass is 883 g/mol. The minimum atomic E-state index is -0.421. The topological polar surface area (TPSA) is 130 Å². The molecule has 0 unspecified atom stereocenters. The lowest BCUT2D eigenvalue weighted by atomic mass is 9.79. The first-order valence-electron chi connectivity index (χ1n) is 23.3. The number of pyridine rings is 2. The van der Waals surface area contributed by atoms with Gasteiger partial charge in [0.15, 0.2) is 0 Å². The van der Waals surface area contributed by atoms with Gasteiger partial charge in [-0.15, -0.1) is 0 Å². The van der Waals surface area contributed by atoms with Crippen LogP contribution in [0, 0.1) is 76.8 Å². The first kappa shape index (κ1) is 49.8. The number of amides is 2. The molecule has 64 heavy (non-hydrogen) atoms. The van der Waals surface area contributed by atoms with Crippen LogP contribution in [0.3, 0.4) is 0 Å². The molecule has 2 aromatic carbocycles. The highest BCUT2D eigenvalue weighted by Crippen LogP contribution is 2.37. The average Bonchev–Trinajstić information content (AvgIpc) is 3.19. The third-order valence-corrected chi connectivity index (χ3v) is 13.5. The Balaban J connectivity index is 0.000000241. The van der Waals surface area contributed by atoms with Crippen LogP contribution in [0.1, 0.15) is 146 Å². The van der Waals surface area contributed by atoms with Crippen LogP contribution in [0.2, 0.25) is 0 Å². The molecule has 2 amide bonds. The molecule has 2 saturated carbocycles. The smallest absolute Gasteiger partial charge is 0.253 e. The van der Waals surface area contributed by atoms with E-state index < -0.39 is 11.6 Å². The van der Waals surface area contributed by atoms with Crippen LogP contribution < -0.4 is 31.6 Å². The third-order valence-electron chi connectivity index (χ3n) is 13.5. The number of anilines is 2. The summed E-state index contributed by atoms with van der Waals surface area (Å²) < 4.78 is 29.3. The Morgan fingerprint density at radius 1 is 0.562 bits per heavy atom. The Kier molecular flexibility index (Phi) is 16.8. The number of carbonyl (C=O) groups excluding carboxylic acids is 2. The van der Waals surface area contributed by atoms with E-state index in [-0.39, 0.29) is 36.0 Å². The molecule has 4 atom stereocenters. The fraction of sp³-hybridized carbons (Fsp3) is 0.538. The van der Waals surface area contributed by atoms with E-state index in [1.165, 1.54) is 25.0 Å². The maximum Gasteiger partial charge on any atom is 0.253 e. The molecule has 0 radical (unpaired) electrons. The minimum absolute atomic E-state index is 0.0979. The summed E-state index contributed by atoms with van der Waals surface area (Å²) in [6.07, 6.45) is 6.75. The van der Waals surface area contributed by atoms with Crippen molar-refractivity contribution in [3.05, 3.63) is 125 Å². The van der Waals surface area contributed by atoms with Gasteiger partial charge >= 0.3 is 0 Å². The van der Waals surface area contributed by atoms with Gasteiger partial charge in [0.2, 0.25) is 0 Å². The van der Waals surface area contributed by atoms with Crippen molar-refractivity contribution in [2.24, 2.45) is 23.7 Å². The molecule has 4 N–H and O–H groups in total. The normalized spacial score (nSPS) is 20.8. The number of aromatic nitrogens is 2. The fourth-order valence-electron chi connectivity index (χ4n) is 10.7. The minimum Gasteiger partial charge on any atom is -0.368 e. The molecule has 6 rings (SSSR count). The lowest BCUT2D eigenvalue weighted by Gasteiger charge is -2.41. The Labute approximate surface area is 379 Å². The Hall–Kier alpha value is -5.26. The Morgan fingerprint density at radius 3 is 1.19 bits per heavy atom. The Morgan fingerprint density at radius 2 is 0.891 bits per heavy atom. The summed E-state index contributed by atoms with van der Waals surface area (Å²) in [5.74, 6) is 0.935. The first-order valence-corrected chi connectivity index (χ1v) is 23.3. The molecule has 348 valence electrons. The average molecular weight is 883 g/mol. The molecule has 0 saturated heterocycles. The largest absolute Gasteiger partial charge is 0.368 e. The summed E-state index contributed by atoms with van der Waals surface area (Å²) in [6.45, 7) is 26.1. The van der Waals surface area contributed by atoms with Gasteiger partial charge in [0, 0.05) is 83.3 Å².